The number of carbonyl (C=O) groups is 2. The van der Waals surface area contributed by atoms with E-state index >= 15 is 0 Å². The van der Waals surface area contributed by atoms with Crippen molar-refractivity contribution in [1.29, 1.82) is 0 Å². The Morgan fingerprint density at radius 2 is 0.778 bits per heavy atom. The van der Waals surface area contributed by atoms with Crippen LogP contribution < -0.4 is 0 Å². The molecule has 1 atom stereocenters. The Morgan fingerprint density at radius 1 is 0.463 bits per heavy atom. The number of rotatable bonds is 43. The lowest BCUT2D eigenvalue weighted by atomic mass is 10.0. The first-order chi connectivity index (χ1) is 26.3. The van der Waals surface area contributed by atoms with Crippen LogP contribution >= 0.6 is 7.82 Å². The number of hydrogen-bond donors (Lipinski definition) is 2. The molecular formula is C45H87O8P. The summed E-state index contributed by atoms with van der Waals surface area (Å²) < 4.78 is 26.5. The van der Waals surface area contributed by atoms with Gasteiger partial charge in [-0.25, -0.2) is 4.57 Å². The quantitative estimate of drug-likeness (QED) is 0.0271. The third kappa shape index (κ3) is 43.5. The fraction of sp³-hybridized carbons (Fsp3) is 0.911. The Kier molecular flexibility index (Phi) is 40.5. The molecule has 0 aromatic carbocycles. The molecule has 0 aliphatic rings. The van der Waals surface area contributed by atoms with Crippen molar-refractivity contribution in [2.75, 3.05) is 13.2 Å². The minimum Gasteiger partial charge on any atom is -0.462 e. The van der Waals surface area contributed by atoms with E-state index in [4.69, 9.17) is 19.3 Å². The van der Waals surface area contributed by atoms with Gasteiger partial charge >= 0.3 is 19.8 Å². The van der Waals surface area contributed by atoms with E-state index in [1.54, 1.807) is 0 Å². The summed E-state index contributed by atoms with van der Waals surface area (Å²) in [6, 6.07) is 0. The van der Waals surface area contributed by atoms with E-state index in [-0.39, 0.29) is 19.4 Å². The molecule has 0 rings (SSSR count). The number of carbonyl (C=O) groups excluding carboxylic acids is 2. The topological polar surface area (TPSA) is 119 Å². The molecule has 0 heterocycles. The van der Waals surface area contributed by atoms with Gasteiger partial charge in [0.2, 0.25) is 0 Å². The van der Waals surface area contributed by atoms with Crippen LogP contribution in [-0.4, -0.2) is 41.0 Å². The first-order valence-electron chi connectivity index (χ1n) is 23.0. The van der Waals surface area contributed by atoms with E-state index in [0.717, 1.165) is 38.5 Å². The Hall–Kier alpha value is -1.21. The first kappa shape index (κ1) is 52.8. The summed E-state index contributed by atoms with van der Waals surface area (Å²) in [5.41, 5.74) is 0. The van der Waals surface area contributed by atoms with Crippen molar-refractivity contribution in [3.05, 3.63) is 12.2 Å². The summed E-state index contributed by atoms with van der Waals surface area (Å²) in [6.45, 7) is 3.72. The number of phosphoric ester groups is 1. The molecule has 0 saturated carbocycles. The molecule has 0 amide bonds. The molecule has 0 aliphatic heterocycles. The number of hydrogen-bond acceptors (Lipinski definition) is 6. The van der Waals surface area contributed by atoms with Crippen molar-refractivity contribution < 1.29 is 37.9 Å². The largest absolute Gasteiger partial charge is 0.469 e. The van der Waals surface area contributed by atoms with E-state index in [9.17, 15) is 14.2 Å². The zero-order valence-electron chi connectivity index (χ0n) is 35.4. The molecule has 9 heteroatoms. The smallest absolute Gasteiger partial charge is 0.462 e. The van der Waals surface area contributed by atoms with Gasteiger partial charge in [0.05, 0.1) is 6.61 Å². The van der Waals surface area contributed by atoms with Gasteiger partial charge < -0.3 is 19.3 Å². The molecule has 0 spiro atoms. The zero-order chi connectivity index (χ0) is 39.6. The second-order valence-corrected chi connectivity index (χ2v) is 17.0. The summed E-state index contributed by atoms with van der Waals surface area (Å²) in [4.78, 5) is 42.9. The predicted octanol–water partition coefficient (Wildman–Crippen LogP) is 14.2. The highest BCUT2D eigenvalue weighted by Crippen LogP contribution is 2.36. The standard InChI is InChI=1S/C45H87O8P/c1-3-5-7-9-11-13-15-17-19-21-22-24-26-28-30-32-34-36-38-40-45(47)53-43(42-52-54(48,49)50)41-51-44(46)39-37-35-33-31-29-27-25-23-20-18-16-14-12-10-8-6-4-2/h17,19,43H,3-16,18,20-42H2,1-2H3,(H2,48,49,50)/b19-17-. The molecular weight excluding hydrogens is 699 g/mol. The highest BCUT2D eigenvalue weighted by Gasteiger charge is 2.23. The van der Waals surface area contributed by atoms with E-state index in [0.29, 0.717) is 6.42 Å². The maximum atomic E-state index is 12.4. The number of ether oxygens (including phenoxy) is 2. The van der Waals surface area contributed by atoms with Crippen molar-refractivity contribution in [2.45, 2.75) is 251 Å². The van der Waals surface area contributed by atoms with Gasteiger partial charge in [0.1, 0.15) is 6.61 Å². The highest BCUT2D eigenvalue weighted by atomic mass is 31.2. The molecule has 0 aromatic rings. The summed E-state index contributed by atoms with van der Waals surface area (Å²) >= 11 is 0. The van der Waals surface area contributed by atoms with E-state index in [1.807, 2.05) is 0 Å². The molecule has 8 nitrogen and oxygen atoms in total. The number of allylic oxidation sites excluding steroid dienone is 2. The SMILES string of the molecule is CCCCCCCC/C=C\CCCCCCCCCCCC(=O)OC(COC(=O)CCCCCCCCCCCCCCCCCCC)COP(=O)(O)O. The molecule has 0 aromatic heterocycles. The molecule has 0 aliphatic carbocycles. The fourth-order valence-corrected chi connectivity index (χ4v) is 7.20. The number of phosphoric acid groups is 1. The summed E-state index contributed by atoms with van der Waals surface area (Å²) in [7, 11) is -4.75. The Labute approximate surface area is 333 Å². The van der Waals surface area contributed by atoms with Crippen LogP contribution in [0.15, 0.2) is 12.2 Å². The second-order valence-electron chi connectivity index (χ2n) is 15.7. The fourth-order valence-electron chi connectivity index (χ4n) is 6.84. The maximum Gasteiger partial charge on any atom is 0.469 e. The molecule has 1 unspecified atom stereocenters. The van der Waals surface area contributed by atoms with E-state index in [1.165, 1.54) is 173 Å². The van der Waals surface area contributed by atoms with Gasteiger partial charge in [0.15, 0.2) is 6.10 Å². The lowest BCUT2D eigenvalue weighted by molar-refractivity contribution is -0.161. The summed E-state index contributed by atoms with van der Waals surface area (Å²) in [5.74, 6) is -0.872. The Balaban J connectivity index is 3.84. The number of unbranched alkanes of at least 4 members (excludes halogenated alkanes) is 31. The minimum atomic E-state index is -4.75. The minimum absolute atomic E-state index is 0.214. The van der Waals surface area contributed by atoms with Crippen molar-refractivity contribution in [3.8, 4) is 0 Å². The number of esters is 2. The van der Waals surface area contributed by atoms with Crippen molar-refractivity contribution >= 4 is 19.8 Å². The van der Waals surface area contributed by atoms with Gasteiger partial charge in [-0.1, -0.05) is 206 Å². The summed E-state index contributed by atoms with van der Waals surface area (Å²) in [5, 5.41) is 0. The van der Waals surface area contributed by atoms with Gasteiger partial charge in [-0.3, -0.25) is 14.1 Å². The van der Waals surface area contributed by atoms with Crippen LogP contribution in [0.1, 0.15) is 245 Å². The average molecular weight is 787 g/mol. The molecule has 0 saturated heterocycles. The van der Waals surface area contributed by atoms with Gasteiger partial charge in [-0.05, 0) is 38.5 Å². The first-order valence-corrected chi connectivity index (χ1v) is 24.5. The molecule has 2 N–H and O–H groups in total. The van der Waals surface area contributed by atoms with Gasteiger partial charge in [-0.2, -0.15) is 0 Å². The Morgan fingerprint density at radius 3 is 1.13 bits per heavy atom. The lowest BCUT2D eigenvalue weighted by Crippen LogP contribution is -2.29. The predicted molar refractivity (Wildman–Crippen MR) is 226 cm³/mol. The molecule has 54 heavy (non-hydrogen) atoms. The van der Waals surface area contributed by atoms with Crippen molar-refractivity contribution in [3.63, 3.8) is 0 Å². The monoisotopic (exact) mass is 787 g/mol. The van der Waals surface area contributed by atoms with Gasteiger partial charge in [-0.15, -0.1) is 0 Å². The average Bonchev–Trinajstić information content (AvgIpc) is 3.14. The van der Waals surface area contributed by atoms with Crippen LogP contribution in [0.4, 0.5) is 0 Å². The van der Waals surface area contributed by atoms with Crippen LogP contribution in [0.2, 0.25) is 0 Å². The molecule has 320 valence electrons. The third-order valence-electron chi connectivity index (χ3n) is 10.3. The van der Waals surface area contributed by atoms with Crippen LogP contribution in [0.25, 0.3) is 0 Å². The molecule has 0 fully saturated rings. The van der Waals surface area contributed by atoms with Crippen LogP contribution in [-0.2, 0) is 28.2 Å². The van der Waals surface area contributed by atoms with Crippen molar-refractivity contribution in [2.24, 2.45) is 0 Å². The van der Waals surface area contributed by atoms with Crippen LogP contribution in [0, 0.1) is 0 Å². The molecule has 0 radical (unpaired) electrons. The second kappa shape index (κ2) is 41.4. The van der Waals surface area contributed by atoms with Gasteiger partial charge in [0, 0.05) is 12.8 Å². The van der Waals surface area contributed by atoms with E-state index in [2.05, 4.69) is 30.5 Å². The van der Waals surface area contributed by atoms with Crippen LogP contribution in [0.3, 0.4) is 0 Å². The third-order valence-corrected chi connectivity index (χ3v) is 10.8. The van der Waals surface area contributed by atoms with E-state index < -0.39 is 32.5 Å². The highest BCUT2D eigenvalue weighted by molar-refractivity contribution is 7.46. The molecule has 0 bridgehead atoms. The Bertz CT molecular complexity index is 889. The van der Waals surface area contributed by atoms with Crippen LogP contribution in [0.5, 0.6) is 0 Å². The van der Waals surface area contributed by atoms with Crippen molar-refractivity contribution in [1.82, 2.24) is 0 Å². The lowest BCUT2D eigenvalue weighted by Gasteiger charge is -2.18. The zero-order valence-corrected chi connectivity index (χ0v) is 36.3. The maximum absolute atomic E-state index is 12.4. The summed E-state index contributed by atoms with van der Waals surface area (Å²) in [6.07, 6.45) is 46.5. The normalized spacial score (nSPS) is 12.4. The van der Waals surface area contributed by atoms with Gasteiger partial charge in [0.25, 0.3) is 0 Å².